The first-order chi connectivity index (χ1) is 9.65. The number of nitrogens with one attached hydrogen (secondary N) is 1. The minimum Gasteiger partial charge on any atom is -0.354 e. The standard InChI is InChI=1S/C15H27N5/c1-13(2)9-16-10-14-11-17-12-15(18-14)20-6-4-5-19(3)7-8-20/h11-13,16H,4-10H2,1-3H3. The summed E-state index contributed by atoms with van der Waals surface area (Å²) in [5.74, 6) is 1.68. The van der Waals surface area contributed by atoms with Crippen molar-refractivity contribution in [1.82, 2.24) is 20.2 Å². The summed E-state index contributed by atoms with van der Waals surface area (Å²) in [5.41, 5.74) is 1.03. The van der Waals surface area contributed by atoms with Crippen LogP contribution in [0.1, 0.15) is 26.0 Å². The molecule has 1 aromatic heterocycles. The third-order valence-corrected chi connectivity index (χ3v) is 3.57. The maximum absolute atomic E-state index is 4.74. The molecule has 0 amide bonds. The van der Waals surface area contributed by atoms with Gasteiger partial charge in [0.1, 0.15) is 5.82 Å². The summed E-state index contributed by atoms with van der Waals surface area (Å²) in [4.78, 5) is 13.8. The van der Waals surface area contributed by atoms with E-state index in [9.17, 15) is 0 Å². The van der Waals surface area contributed by atoms with E-state index in [2.05, 4.69) is 41.0 Å². The lowest BCUT2D eigenvalue weighted by Gasteiger charge is -2.21. The quantitative estimate of drug-likeness (QED) is 0.880. The monoisotopic (exact) mass is 277 g/mol. The molecule has 0 aliphatic carbocycles. The van der Waals surface area contributed by atoms with Crippen molar-refractivity contribution in [2.24, 2.45) is 5.92 Å². The van der Waals surface area contributed by atoms with E-state index in [0.717, 1.165) is 44.2 Å². The minimum atomic E-state index is 0.660. The molecule has 1 N–H and O–H groups in total. The third kappa shape index (κ3) is 4.72. The van der Waals surface area contributed by atoms with E-state index in [1.54, 1.807) is 0 Å². The Morgan fingerprint density at radius 2 is 2.05 bits per heavy atom. The summed E-state index contributed by atoms with van der Waals surface area (Å²) >= 11 is 0. The number of aromatic nitrogens is 2. The number of hydrogen-bond donors (Lipinski definition) is 1. The van der Waals surface area contributed by atoms with Gasteiger partial charge in [0, 0.05) is 32.4 Å². The molecule has 2 heterocycles. The largest absolute Gasteiger partial charge is 0.354 e. The first-order valence-electron chi connectivity index (χ1n) is 7.60. The second-order valence-corrected chi connectivity index (χ2v) is 6.04. The lowest BCUT2D eigenvalue weighted by Crippen LogP contribution is -2.30. The average Bonchev–Trinajstić information content (AvgIpc) is 2.63. The van der Waals surface area contributed by atoms with Gasteiger partial charge in [-0.15, -0.1) is 0 Å². The number of hydrogen-bond acceptors (Lipinski definition) is 5. The zero-order valence-electron chi connectivity index (χ0n) is 13.0. The molecule has 0 bridgehead atoms. The van der Waals surface area contributed by atoms with E-state index in [1.165, 1.54) is 13.0 Å². The molecule has 1 aliphatic rings. The van der Waals surface area contributed by atoms with Crippen LogP contribution in [0.2, 0.25) is 0 Å². The topological polar surface area (TPSA) is 44.3 Å². The van der Waals surface area contributed by atoms with Crippen molar-refractivity contribution in [2.75, 3.05) is 44.7 Å². The fraction of sp³-hybridized carbons (Fsp3) is 0.733. The molecule has 112 valence electrons. The van der Waals surface area contributed by atoms with Gasteiger partial charge in [0.15, 0.2) is 0 Å². The van der Waals surface area contributed by atoms with E-state index in [1.807, 2.05) is 12.4 Å². The molecule has 0 saturated carbocycles. The second-order valence-electron chi connectivity index (χ2n) is 6.04. The van der Waals surface area contributed by atoms with Crippen LogP contribution in [0.15, 0.2) is 12.4 Å². The molecular weight excluding hydrogens is 250 g/mol. The maximum atomic E-state index is 4.74. The second kappa shape index (κ2) is 7.55. The Bertz CT molecular complexity index is 407. The Balaban J connectivity index is 1.94. The SMILES string of the molecule is CC(C)CNCc1cncc(N2CCCN(C)CC2)n1. The third-order valence-electron chi connectivity index (χ3n) is 3.57. The molecule has 0 atom stereocenters. The number of rotatable bonds is 5. The highest BCUT2D eigenvalue weighted by molar-refractivity contribution is 5.36. The van der Waals surface area contributed by atoms with Gasteiger partial charge < -0.3 is 15.1 Å². The van der Waals surface area contributed by atoms with Gasteiger partial charge in [0.25, 0.3) is 0 Å². The summed E-state index contributed by atoms with van der Waals surface area (Å²) in [6, 6.07) is 0. The lowest BCUT2D eigenvalue weighted by atomic mass is 10.2. The van der Waals surface area contributed by atoms with Crippen molar-refractivity contribution in [3.05, 3.63) is 18.1 Å². The molecule has 1 aromatic rings. The Kier molecular flexibility index (Phi) is 5.73. The first kappa shape index (κ1) is 15.2. The van der Waals surface area contributed by atoms with E-state index < -0.39 is 0 Å². The van der Waals surface area contributed by atoms with Crippen LogP contribution >= 0.6 is 0 Å². The molecule has 5 nitrogen and oxygen atoms in total. The molecule has 2 rings (SSSR count). The molecule has 0 aromatic carbocycles. The number of anilines is 1. The van der Waals surface area contributed by atoms with Crippen molar-refractivity contribution in [3.8, 4) is 0 Å². The molecular formula is C15H27N5. The van der Waals surface area contributed by atoms with Crippen molar-refractivity contribution in [1.29, 1.82) is 0 Å². The molecule has 0 radical (unpaired) electrons. The summed E-state index contributed by atoms with van der Waals surface area (Å²) < 4.78 is 0. The Morgan fingerprint density at radius 1 is 1.20 bits per heavy atom. The van der Waals surface area contributed by atoms with Crippen LogP contribution in [0.4, 0.5) is 5.82 Å². The average molecular weight is 277 g/mol. The Morgan fingerprint density at radius 3 is 2.85 bits per heavy atom. The summed E-state index contributed by atoms with van der Waals surface area (Å²) in [7, 11) is 2.18. The fourth-order valence-corrected chi connectivity index (χ4v) is 2.40. The van der Waals surface area contributed by atoms with E-state index >= 15 is 0 Å². The molecule has 1 saturated heterocycles. The van der Waals surface area contributed by atoms with Crippen molar-refractivity contribution in [3.63, 3.8) is 0 Å². The van der Waals surface area contributed by atoms with Crippen molar-refractivity contribution >= 4 is 5.82 Å². The highest BCUT2D eigenvalue weighted by Gasteiger charge is 2.14. The van der Waals surface area contributed by atoms with Gasteiger partial charge in [-0.25, -0.2) is 4.98 Å². The highest BCUT2D eigenvalue weighted by atomic mass is 15.2. The summed E-state index contributed by atoms with van der Waals surface area (Å²) in [5, 5.41) is 3.42. The van der Waals surface area contributed by atoms with Crippen LogP contribution in [0.3, 0.4) is 0 Å². The molecule has 1 fully saturated rings. The van der Waals surface area contributed by atoms with Crippen LogP contribution in [0.25, 0.3) is 0 Å². The summed E-state index contributed by atoms with van der Waals surface area (Å²) in [6.45, 7) is 10.6. The van der Waals surface area contributed by atoms with Gasteiger partial charge in [0.2, 0.25) is 0 Å². The van der Waals surface area contributed by atoms with Gasteiger partial charge in [0.05, 0.1) is 11.9 Å². The predicted molar refractivity (Wildman–Crippen MR) is 82.9 cm³/mol. The normalized spacial score (nSPS) is 17.5. The van der Waals surface area contributed by atoms with Crippen LogP contribution in [-0.2, 0) is 6.54 Å². The minimum absolute atomic E-state index is 0.660. The van der Waals surface area contributed by atoms with Crippen LogP contribution in [-0.4, -0.2) is 54.6 Å². The van der Waals surface area contributed by atoms with Gasteiger partial charge in [-0.05, 0) is 32.5 Å². The zero-order chi connectivity index (χ0) is 14.4. The van der Waals surface area contributed by atoms with E-state index in [-0.39, 0.29) is 0 Å². The van der Waals surface area contributed by atoms with Gasteiger partial charge in [-0.1, -0.05) is 13.8 Å². The van der Waals surface area contributed by atoms with E-state index in [0.29, 0.717) is 5.92 Å². The molecule has 20 heavy (non-hydrogen) atoms. The Labute approximate surface area is 122 Å². The predicted octanol–water partition coefficient (Wildman–Crippen LogP) is 1.36. The van der Waals surface area contributed by atoms with Crippen LogP contribution in [0.5, 0.6) is 0 Å². The molecule has 5 heteroatoms. The van der Waals surface area contributed by atoms with Crippen molar-refractivity contribution in [2.45, 2.75) is 26.8 Å². The number of likely N-dealkylation sites (N-methyl/N-ethyl adjacent to an activating group) is 1. The first-order valence-corrected chi connectivity index (χ1v) is 7.60. The lowest BCUT2D eigenvalue weighted by molar-refractivity contribution is 0.360. The van der Waals surface area contributed by atoms with Gasteiger partial charge in [-0.3, -0.25) is 4.98 Å². The highest BCUT2D eigenvalue weighted by Crippen LogP contribution is 2.12. The molecule has 0 spiro atoms. The molecule has 0 unspecified atom stereocenters. The van der Waals surface area contributed by atoms with E-state index in [4.69, 9.17) is 4.98 Å². The van der Waals surface area contributed by atoms with Crippen LogP contribution < -0.4 is 10.2 Å². The smallest absolute Gasteiger partial charge is 0.147 e. The van der Waals surface area contributed by atoms with Gasteiger partial charge >= 0.3 is 0 Å². The molecule has 1 aliphatic heterocycles. The summed E-state index contributed by atoms with van der Waals surface area (Å²) in [6.07, 6.45) is 4.94. The van der Waals surface area contributed by atoms with Crippen LogP contribution in [0, 0.1) is 5.92 Å². The zero-order valence-corrected chi connectivity index (χ0v) is 13.0. The maximum Gasteiger partial charge on any atom is 0.147 e. The Hall–Kier alpha value is -1.20. The fourth-order valence-electron chi connectivity index (χ4n) is 2.40. The van der Waals surface area contributed by atoms with Gasteiger partial charge in [-0.2, -0.15) is 0 Å². The van der Waals surface area contributed by atoms with Crippen molar-refractivity contribution < 1.29 is 0 Å². The number of nitrogens with zero attached hydrogens (tertiary/aromatic N) is 4.